The van der Waals surface area contributed by atoms with Crippen molar-refractivity contribution in [1.82, 2.24) is 0 Å². The van der Waals surface area contributed by atoms with E-state index in [9.17, 15) is 19.5 Å². The molecule has 0 amide bonds. The lowest BCUT2D eigenvalue weighted by Gasteiger charge is -2.34. The second kappa shape index (κ2) is 44.6. The van der Waals surface area contributed by atoms with Gasteiger partial charge in [0.1, 0.15) is 12.6 Å². The van der Waals surface area contributed by atoms with Gasteiger partial charge in [-0.15, -0.1) is 0 Å². The number of likely N-dealkylation sites (N-methyl/N-ethyl adjacent to an activating group) is 1. The summed E-state index contributed by atoms with van der Waals surface area (Å²) in [6, 6.07) is -0.729. The number of esters is 2. The molecule has 2 unspecified atom stereocenters. The number of hydrogen-bond donors (Lipinski definition) is 0. The fourth-order valence-corrected chi connectivity index (χ4v) is 7.27. The van der Waals surface area contributed by atoms with Crippen LogP contribution in [0.15, 0.2) is 60.8 Å². The first-order valence-electron chi connectivity index (χ1n) is 25.3. The molecule has 0 rings (SSSR count). The van der Waals surface area contributed by atoms with Crippen LogP contribution in [0.3, 0.4) is 0 Å². The third kappa shape index (κ3) is 42.3. The molecular weight excluding hydrogens is 775 g/mol. The summed E-state index contributed by atoms with van der Waals surface area (Å²) >= 11 is 0. The lowest BCUT2D eigenvalue weighted by Crippen LogP contribution is -2.55. The molecule has 0 saturated carbocycles. The van der Waals surface area contributed by atoms with E-state index in [-0.39, 0.29) is 42.7 Å². The number of carbonyl (C=O) groups is 3. The topological polar surface area (TPSA) is 102 Å². The quantitative estimate of drug-likeness (QED) is 0.0260. The molecular formula is C54H95NO7. The van der Waals surface area contributed by atoms with Crippen LogP contribution in [0.2, 0.25) is 0 Å². The molecule has 0 aromatic heterocycles. The second-order valence-corrected chi connectivity index (χ2v) is 18.0. The van der Waals surface area contributed by atoms with E-state index in [0.29, 0.717) is 12.8 Å². The Kier molecular flexibility index (Phi) is 42.5. The van der Waals surface area contributed by atoms with Crippen LogP contribution in [-0.4, -0.2) is 75.5 Å². The van der Waals surface area contributed by atoms with E-state index in [4.69, 9.17) is 14.2 Å². The summed E-state index contributed by atoms with van der Waals surface area (Å²) in [6.45, 7) is 4.55. The van der Waals surface area contributed by atoms with Crippen LogP contribution >= 0.6 is 0 Å². The lowest BCUT2D eigenvalue weighted by atomic mass is 10.0. The number of allylic oxidation sites excluding steroid dienone is 10. The molecule has 0 spiro atoms. The first-order chi connectivity index (χ1) is 30.1. The molecule has 0 aliphatic rings. The minimum Gasteiger partial charge on any atom is -0.544 e. The fourth-order valence-electron chi connectivity index (χ4n) is 7.27. The van der Waals surface area contributed by atoms with E-state index in [1.54, 1.807) is 21.1 Å². The Hall–Kier alpha value is -2.97. The van der Waals surface area contributed by atoms with Gasteiger partial charge < -0.3 is 28.6 Å². The number of hydrogen-bond acceptors (Lipinski definition) is 7. The van der Waals surface area contributed by atoms with Gasteiger partial charge in [0.25, 0.3) is 0 Å². The molecule has 0 aromatic carbocycles. The van der Waals surface area contributed by atoms with E-state index in [1.165, 1.54) is 96.3 Å². The number of quaternary nitrogens is 1. The van der Waals surface area contributed by atoms with Gasteiger partial charge in [0.2, 0.25) is 0 Å². The van der Waals surface area contributed by atoms with Gasteiger partial charge in [-0.2, -0.15) is 0 Å². The zero-order chi connectivity index (χ0) is 45.6. The van der Waals surface area contributed by atoms with Crippen LogP contribution in [0.1, 0.15) is 213 Å². The van der Waals surface area contributed by atoms with Gasteiger partial charge >= 0.3 is 11.9 Å². The highest BCUT2D eigenvalue weighted by atomic mass is 16.6. The summed E-state index contributed by atoms with van der Waals surface area (Å²) in [5.74, 6) is -1.74. The Labute approximate surface area is 381 Å². The zero-order valence-corrected chi connectivity index (χ0v) is 40.8. The van der Waals surface area contributed by atoms with E-state index in [2.05, 4.69) is 74.6 Å². The number of ether oxygens (including phenoxy) is 3. The predicted octanol–water partition coefficient (Wildman–Crippen LogP) is 13.2. The van der Waals surface area contributed by atoms with Crippen molar-refractivity contribution in [2.45, 2.75) is 225 Å². The van der Waals surface area contributed by atoms with Crippen LogP contribution in [0.5, 0.6) is 0 Å². The van der Waals surface area contributed by atoms with E-state index >= 15 is 0 Å². The van der Waals surface area contributed by atoms with Crippen molar-refractivity contribution in [2.24, 2.45) is 0 Å². The van der Waals surface area contributed by atoms with Crippen LogP contribution in [0, 0.1) is 0 Å². The van der Waals surface area contributed by atoms with Gasteiger partial charge in [-0.3, -0.25) is 9.59 Å². The summed E-state index contributed by atoms with van der Waals surface area (Å²) in [5.41, 5.74) is 0. The summed E-state index contributed by atoms with van der Waals surface area (Å²) < 4.78 is 17.2. The molecule has 0 bridgehead atoms. The third-order valence-corrected chi connectivity index (χ3v) is 11.2. The van der Waals surface area contributed by atoms with E-state index in [1.807, 2.05) is 0 Å². The third-order valence-electron chi connectivity index (χ3n) is 11.2. The Balaban J connectivity index is 4.27. The normalized spacial score (nSPS) is 13.4. The number of aliphatic carboxylic acids is 1. The van der Waals surface area contributed by atoms with Crippen molar-refractivity contribution >= 4 is 17.9 Å². The van der Waals surface area contributed by atoms with Crippen molar-refractivity contribution in [3.05, 3.63) is 60.8 Å². The van der Waals surface area contributed by atoms with Crippen LogP contribution < -0.4 is 5.11 Å². The monoisotopic (exact) mass is 870 g/mol. The molecule has 0 saturated heterocycles. The molecule has 62 heavy (non-hydrogen) atoms. The van der Waals surface area contributed by atoms with Crippen molar-refractivity contribution in [3.63, 3.8) is 0 Å². The number of carboxylic acid groups (broad SMARTS) is 1. The van der Waals surface area contributed by atoms with Gasteiger partial charge in [0.15, 0.2) is 6.10 Å². The number of carbonyl (C=O) groups excluding carboxylic acids is 3. The first-order valence-corrected chi connectivity index (χ1v) is 25.3. The summed E-state index contributed by atoms with van der Waals surface area (Å²) in [7, 11) is 5.41. The van der Waals surface area contributed by atoms with E-state index < -0.39 is 18.1 Å². The lowest BCUT2D eigenvalue weighted by molar-refractivity contribution is -0.889. The summed E-state index contributed by atoms with van der Waals surface area (Å²) in [5, 5.41) is 11.7. The number of nitrogens with zero attached hydrogens (tertiary/aromatic N) is 1. The Morgan fingerprint density at radius 3 is 1.34 bits per heavy atom. The number of unbranched alkanes of at least 4 members (excludes halogenated alkanes) is 21. The maximum absolute atomic E-state index is 12.8. The number of carboxylic acids is 1. The number of rotatable bonds is 45. The van der Waals surface area contributed by atoms with Gasteiger partial charge in [0, 0.05) is 19.3 Å². The fraction of sp³-hybridized carbons (Fsp3) is 0.759. The van der Waals surface area contributed by atoms with Crippen molar-refractivity contribution < 1.29 is 38.2 Å². The molecule has 0 N–H and O–H groups in total. The largest absolute Gasteiger partial charge is 0.544 e. The van der Waals surface area contributed by atoms with Crippen LogP contribution in [0.25, 0.3) is 0 Å². The highest BCUT2D eigenvalue weighted by Gasteiger charge is 2.25. The van der Waals surface area contributed by atoms with Crippen molar-refractivity contribution in [2.75, 3.05) is 41.0 Å². The highest BCUT2D eigenvalue weighted by molar-refractivity contribution is 5.70. The molecule has 0 radical (unpaired) electrons. The van der Waals surface area contributed by atoms with E-state index in [0.717, 1.165) is 83.5 Å². The standard InChI is InChI=1S/C54H95NO7/c1-6-8-10-12-14-16-18-20-22-23-24-25-26-27-28-29-31-33-35-37-39-41-43-45-53(57)62-50(48-60-47-46-51(54(58)59)55(3,4)5)49-61-52(56)44-42-40-38-36-34-32-30-21-19-17-15-13-11-9-7-2/h8,10,14,16,20,22,24-25,27-28,50-51H,6-7,9,11-13,15,17-19,21,23,26,29-49H2,1-5H3/b10-8+,16-14+,22-20+,25-24+,28-27+. The maximum atomic E-state index is 12.8. The molecule has 0 aliphatic carbocycles. The molecule has 358 valence electrons. The molecule has 8 nitrogen and oxygen atoms in total. The smallest absolute Gasteiger partial charge is 0.306 e. The van der Waals surface area contributed by atoms with Gasteiger partial charge in [-0.25, -0.2) is 0 Å². The maximum Gasteiger partial charge on any atom is 0.306 e. The minimum atomic E-state index is -1.13. The van der Waals surface area contributed by atoms with Gasteiger partial charge in [-0.05, 0) is 57.8 Å². The molecule has 8 heteroatoms. The average molecular weight is 870 g/mol. The van der Waals surface area contributed by atoms with Crippen LogP contribution in [-0.2, 0) is 28.6 Å². The van der Waals surface area contributed by atoms with Crippen molar-refractivity contribution in [1.29, 1.82) is 0 Å². The second-order valence-electron chi connectivity index (χ2n) is 18.0. The molecule has 0 fully saturated rings. The SMILES string of the molecule is CC/C=C/C/C=C/C/C=C/C/C=C/C/C=C/CCCCCCCCCC(=O)OC(COCCC(C(=O)[O-])[N+](C)(C)C)COC(=O)CCCCCCCCCCCCCCCCC. The predicted molar refractivity (Wildman–Crippen MR) is 259 cm³/mol. The zero-order valence-electron chi connectivity index (χ0n) is 40.8. The first kappa shape index (κ1) is 59.0. The van der Waals surface area contributed by atoms with Gasteiger partial charge in [0.05, 0.1) is 40.3 Å². The summed E-state index contributed by atoms with van der Waals surface area (Å²) in [4.78, 5) is 37.0. The Bertz CT molecular complexity index is 1200. The van der Waals surface area contributed by atoms with Gasteiger partial charge in [-0.1, -0.05) is 197 Å². The average Bonchev–Trinajstić information content (AvgIpc) is 3.23. The Morgan fingerprint density at radius 2 is 0.903 bits per heavy atom. The Morgan fingerprint density at radius 1 is 0.500 bits per heavy atom. The molecule has 0 aliphatic heterocycles. The summed E-state index contributed by atoms with van der Waals surface area (Å²) in [6.07, 6.45) is 55.3. The molecule has 2 atom stereocenters. The molecule has 0 heterocycles. The van der Waals surface area contributed by atoms with Crippen LogP contribution in [0.4, 0.5) is 0 Å². The molecule has 0 aromatic rings. The van der Waals surface area contributed by atoms with Crippen molar-refractivity contribution in [3.8, 4) is 0 Å². The minimum absolute atomic E-state index is 0.0362. The highest BCUT2D eigenvalue weighted by Crippen LogP contribution is 2.15.